The second-order valence-corrected chi connectivity index (χ2v) is 9.70. The molecule has 0 radical (unpaired) electrons. The molecule has 5 heteroatoms. The molecule has 1 aliphatic carbocycles. The van der Waals surface area contributed by atoms with Gasteiger partial charge in [0.1, 0.15) is 0 Å². The van der Waals surface area contributed by atoms with Gasteiger partial charge in [0.15, 0.2) is 0 Å². The zero-order chi connectivity index (χ0) is 22.2. The van der Waals surface area contributed by atoms with Gasteiger partial charge in [0, 0.05) is 57.2 Å². The molecule has 2 fully saturated rings. The van der Waals surface area contributed by atoms with E-state index in [0.717, 1.165) is 37.3 Å². The lowest BCUT2D eigenvalue weighted by Gasteiger charge is -2.41. The first-order chi connectivity index (χ1) is 15.7. The summed E-state index contributed by atoms with van der Waals surface area (Å²) in [5, 5.41) is 2.86. The van der Waals surface area contributed by atoms with Gasteiger partial charge in [-0.15, -0.1) is 0 Å². The van der Waals surface area contributed by atoms with E-state index in [1.807, 2.05) is 30.6 Å². The molecule has 1 saturated heterocycles. The van der Waals surface area contributed by atoms with Gasteiger partial charge in [-0.3, -0.25) is 14.7 Å². The molecule has 1 saturated carbocycles. The summed E-state index contributed by atoms with van der Waals surface area (Å²) in [5.74, 6) is 0.691. The Labute approximate surface area is 193 Å². The van der Waals surface area contributed by atoms with Crippen LogP contribution in [0.2, 0.25) is 0 Å². The van der Waals surface area contributed by atoms with Crippen LogP contribution in [0.3, 0.4) is 0 Å². The van der Waals surface area contributed by atoms with Crippen molar-refractivity contribution in [3.8, 4) is 0 Å². The predicted molar refractivity (Wildman–Crippen MR) is 130 cm³/mol. The molecular weight excluding hydrogens is 396 g/mol. The summed E-state index contributed by atoms with van der Waals surface area (Å²) in [4.78, 5) is 21.0. The van der Waals surface area contributed by atoms with Crippen molar-refractivity contribution in [3.63, 3.8) is 0 Å². The van der Waals surface area contributed by atoms with E-state index < -0.39 is 0 Å². The smallest absolute Gasteiger partial charge is 0.221 e. The first-order valence-electron chi connectivity index (χ1n) is 12.4. The highest BCUT2D eigenvalue weighted by Crippen LogP contribution is 2.28. The monoisotopic (exact) mass is 434 g/mol. The molecular formula is C27H38N4O. The Hall–Kier alpha value is -2.24. The number of piperidine rings is 1. The number of rotatable bonds is 8. The largest absolute Gasteiger partial charge is 0.326 e. The van der Waals surface area contributed by atoms with Crippen LogP contribution in [0.5, 0.6) is 0 Å². The average molecular weight is 435 g/mol. The van der Waals surface area contributed by atoms with E-state index in [1.165, 1.54) is 69.2 Å². The van der Waals surface area contributed by atoms with Crippen LogP contribution in [0.1, 0.15) is 63.0 Å². The Morgan fingerprint density at radius 2 is 1.81 bits per heavy atom. The van der Waals surface area contributed by atoms with Gasteiger partial charge in [-0.05, 0) is 67.5 Å². The number of benzene rings is 1. The number of aromatic nitrogens is 1. The van der Waals surface area contributed by atoms with Crippen molar-refractivity contribution in [2.24, 2.45) is 5.92 Å². The van der Waals surface area contributed by atoms with Crippen molar-refractivity contribution in [3.05, 3.63) is 59.9 Å². The highest BCUT2D eigenvalue weighted by atomic mass is 16.1. The first kappa shape index (κ1) is 22.9. The molecule has 1 amide bonds. The Morgan fingerprint density at radius 3 is 2.53 bits per heavy atom. The zero-order valence-corrected chi connectivity index (χ0v) is 19.5. The molecule has 4 rings (SSSR count). The number of anilines is 1. The third-order valence-corrected chi connectivity index (χ3v) is 6.97. The second-order valence-electron chi connectivity index (χ2n) is 9.70. The maximum Gasteiger partial charge on any atom is 0.221 e. The van der Waals surface area contributed by atoms with Crippen LogP contribution in [0.15, 0.2) is 48.8 Å². The summed E-state index contributed by atoms with van der Waals surface area (Å²) < 4.78 is 0. The minimum atomic E-state index is -0.0317. The number of nitrogens with zero attached hydrogens (tertiary/aromatic N) is 3. The van der Waals surface area contributed by atoms with Crippen molar-refractivity contribution >= 4 is 11.6 Å². The molecule has 0 bridgehead atoms. The number of hydrogen-bond donors (Lipinski definition) is 1. The Balaban J connectivity index is 1.41. The van der Waals surface area contributed by atoms with Crippen LogP contribution in [0.4, 0.5) is 5.69 Å². The summed E-state index contributed by atoms with van der Waals surface area (Å²) in [6.45, 7) is 7.02. The van der Waals surface area contributed by atoms with Crippen LogP contribution < -0.4 is 5.32 Å². The van der Waals surface area contributed by atoms with Crippen LogP contribution in [0.25, 0.3) is 0 Å². The third-order valence-electron chi connectivity index (χ3n) is 6.97. The van der Waals surface area contributed by atoms with E-state index in [4.69, 9.17) is 0 Å². The van der Waals surface area contributed by atoms with Gasteiger partial charge >= 0.3 is 0 Å². The van der Waals surface area contributed by atoms with E-state index >= 15 is 0 Å². The van der Waals surface area contributed by atoms with Gasteiger partial charge in [0.2, 0.25) is 5.91 Å². The number of likely N-dealkylation sites (tertiary alicyclic amines) is 1. The number of pyridine rings is 1. The molecule has 1 N–H and O–H groups in total. The average Bonchev–Trinajstić information content (AvgIpc) is 2.81. The third kappa shape index (κ3) is 6.88. The number of hydrogen-bond acceptors (Lipinski definition) is 4. The minimum absolute atomic E-state index is 0.0317. The molecule has 32 heavy (non-hydrogen) atoms. The van der Waals surface area contributed by atoms with Crippen molar-refractivity contribution < 1.29 is 4.79 Å². The SMILES string of the molecule is CC(=O)Nc1ccc(CN(Cc2cccnc2)C[C@H]2CCCN(C3CCCCC3)C2)cc1. The van der Waals surface area contributed by atoms with Crippen molar-refractivity contribution in [2.45, 2.75) is 71.0 Å². The van der Waals surface area contributed by atoms with Gasteiger partial charge in [0.05, 0.1) is 0 Å². The zero-order valence-electron chi connectivity index (χ0n) is 19.5. The van der Waals surface area contributed by atoms with Crippen LogP contribution >= 0.6 is 0 Å². The number of amides is 1. The summed E-state index contributed by atoms with van der Waals surface area (Å²) in [6.07, 6.45) is 13.5. The van der Waals surface area contributed by atoms with Crippen molar-refractivity contribution in [1.82, 2.24) is 14.8 Å². The molecule has 1 aromatic heterocycles. The van der Waals surface area contributed by atoms with Crippen molar-refractivity contribution in [1.29, 1.82) is 0 Å². The van der Waals surface area contributed by atoms with Gasteiger partial charge in [-0.1, -0.05) is 37.5 Å². The van der Waals surface area contributed by atoms with Crippen LogP contribution in [-0.2, 0) is 17.9 Å². The molecule has 5 nitrogen and oxygen atoms in total. The summed E-state index contributed by atoms with van der Waals surface area (Å²) in [5.41, 5.74) is 3.40. The Bertz CT molecular complexity index is 832. The fourth-order valence-electron chi connectivity index (χ4n) is 5.48. The molecule has 2 aliphatic rings. The molecule has 1 aliphatic heterocycles. The standard InChI is InChI=1S/C27H38N4O/c1-22(32)29-26-13-11-23(12-14-26)18-30(19-24-7-5-15-28-17-24)20-25-8-6-16-31(21-25)27-9-3-2-4-10-27/h5,7,11-15,17,25,27H,2-4,6,8-10,16,18-21H2,1H3,(H,29,32)/t25-/m1/s1. The quantitative estimate of drug-likeness (QED) is 0.629. The Morgan fingerprint density at radius 1 is 1.03 bits per heavy atom. The predicted octanol–water partition coefficient (Wildman–Crippen LogP) is 5.09. The topological polar surface area (TPSA) is 48.5 Å². The molecule has 1 atom stereocenters. The number of nitrogens with one attached hydrogen (secondary N) is 1. The highest BCUT2D eigenvalue weighted by molar-refractivity contribution is 5.88. The maximum absolute atomic E-state index is 11.3. The lowest BCUT2D eigenvalue weighted by Crippen LogP contribution is -2.46. The van der Waals surface area contributed by atoms with Gasteiger partial charge in [-0.25, -0.2) is 0 Å². The van der Waals surface area contributed by atoms with Crippen molar-refractivity contribution in [2.75, 3.05) is 25.0 Å². The fraction of sp³-hybridized carbons (Fsp3) is 0.556. The molecule has 0 unspecified atom stereocenters. The number of carbonyl (C=O) groups excluding carboxylic acids is 1. The molecule has 1 aromatic carbocycles. The summed E-state index contributed by atoms with van der Waals surface area (Å²) >= 11 is 0. The van der Waals surface area contributed by atoms with E-state index in [1.54, 1.807) is 6.92 Å². The highest BCUT2D eigenvalue weighted by Gasteiger charge is 2.28. The molecule has 2 aromatic rings. The Kier molecular flexibility index (Phi) is 8.30. The maximum atomic E-state index is 11.3. The minimum Gasteiger partial charge on any atom is -0.326 e. The van der Waals surface area contributed by atoms with Crippen LogP contribution in [0, 0.1) is 5.92 Å². The summed E-state index contributed by atoms with van der Waals surface area (Å²) in [6, 6.07) is 13.3. The van der Waals surface area contributed by atoms with E-state index in [0.29, 0.717) is 0 Å². The molecule has 172 valence electrons. The summed E-state index contributed by atoms with van der Waals surface area (Å²) in [7, 11) is 0. The van der Waals surface area contributed by atoms with Gasteiger partial charge in [-0.2, -0.15) is 0 Å². The normalized spacial score (nSPS) is 20.4. The lowest BCUT2D eigenvalue weighted by molar-refractivity contribution is -0.114. The van der Waals surface area contributed by atoms with Gasteiger partial charge < -0.3 is 10.2 Å². The van der Waals surface area contributed by atoms with E-state index in [2.05, 4.69) is 38.3 Å². The molecule has 0 spiro atoms. The van der Waals surface area contributed by atoms with E-state index in [-0.39, 0.29) is 5.91 Å². The molecule has 2 heterocycles. The van der Waals surface area contributed by atoms with Crippen LogP contribution in [-0.4, -0.2) is 46.4 Å². The van der Waals surface area contributed by atoms with Gasteiger partial charge in [0.25, 0.3) is 0 Å². The van der Waals surface area contributed by atoms with E-state index in [9.17, 15) is 4.79 Å². The fourth-order valence-corrected chi connectivity index (χ4v) is 5.48. The second kappa shape index (κ2) is 11.6. The first-order valence-corrected chi connectivity index (χ1v) is 12.4. The number of carbonyl (C=O) groups is 1. The lowest BCUT2D eigenvalue weighted by atomic mass is 9.90.